The number of ether oxygens (including phenoxy) is 2. The monoisotopic (exact) mass is 417 g/mol. The number of para-hydroxylation sites is 1. The lowest BCUT2D eigenvalue weighted by molar-refractivity contribution is -0.126. The van der Waals surface area contributed by atoms with Crippen LogP contribution in [0.5, 0.6) is 5.75 Å². The number of carbonyl (C=O) groups excluding carboxylic acids is 2. The maximum atomic E-state index is 12.9. The van der Waals surface area contributed by atoms with Gasteiger partial charge >= 0.3 is 6.09 Å². The zero-order chi connectivity index (χ0) is 21.2. The van der Waals surface area contributed by atoms with Crippen molar-refractivity contribution in [1.82, 2.24) is 10.2 Å². The van der Waals surface area contributed by atoms with Crippen molar-refractivity contribution in [2.45, 2.75) is 67.4 Å². The van der Waals surface area contributed by atoms with Crippen molar-refractivity contribution in [3.8, 4) is 11.8 Å². The Hall–Kier alpha value is -2.40. The second-order valence-electron chi connectivity index (χ2n) is 8.46. The SMILES string of the molecule is COc1ccccc1SC1CC(C(=O)NC2(C#N)CC2)N(C(=O)OC(C)(C)C)C1. The molecule has 0 radical (unpaired) electrons. The van der Waals surface area contributed by atoms with Crippen LogP contribution in [0.3, 0.4) is 0 Å². The van der Waals surface area contributed by atoms with E-state index in [9.17, 15) is 14.9 Å². The highest BCUT2D eigenvalue weighted by Gasteiger charge is 2.49. The predicted molar refractivity (Wildman–Crippen MR) is 110 cm³/mol. The number of carbonyl (C=O) groups is 2. The molecule has 1 saturated carbocycles. The summed E-state index contributed by atoms with van der Waals surface area (Å²) in [6.07, 6.45) is 1.26. The lowest BCUT2D eigenvalue weighted by Crippen LogP contribution is -2.50. The van der Waals surface area contributed by atoms with Crippen LogP contribution >= 0.6 is 11.8 Å². The van der Waals surface area contributed by atoms with Gasteiger partial charge in [0.05, 0.1) is 13.2 Å². The van der Waals surface area contributed by atoms with E-state index in [4.69, 9.17) is 9.47 Å². The Bertz CT molecular complexity index is 826. The summed E-state index contributed by atoms with van der Waals surface area (Å²) in [6.45, 7) is 5.78. The number of likely N-dealkylation sites (tertiary alicyclic amines) is 1. The molecule has 2 aliphatic rings. The highest BCUT2D eigenvalue weighted by Crippen LogP contribution is 2.39. The zero-order valence-corrected chi connectivity index (χ0v) is 18.0. The van der Waals surface area contributed by atoms with E-state index >= 15 is 0 Å². The Morgan fingerprint density at radius 1 is 1.31 bits per heavy atom. The fourth-order valence-electron chi connectivity index (χ4n) is 3.26. The minimum absolute atomic E-state index is 0.00630. The fraction of sp³-hybridized carbons (Fsp3) is 0.571. The highest BCUT2D eigenvalue weighted by atomic mass is 32.2. The smallest absolute Gasteiger partial charge is 0.411 e. The quantitative estimate of drug-likeness (QED) is 0.790. The van der Waals surface area contributed by atoms with Crippen LogP contribution in [0.4, 0.5) is 4.79 Å². The molecule has 0 aromatic heterocycles. The standard InChI is InChI=1S/C21H27N3O4S/c1-20(2,3)28-19(26)24-12-14(29-17-8-6-5-7-16(17)27-4)11-15(24)18(25)23-21(13-22)9-10-21/h5-8,14-15H,9-12H2,1-4H3,(H,23,25). The molecule has 0 bridgehead atoms. The molecule has 2 atom stereocenters. The lowest BCUT2D eigenvalue weighted by Gasteiger charge is -2.28. The van der Waals surface area contributed by atoms with Crippen LogP contribution in [0.2, 0.25) is 0 Å². The summed E-state index contributed by atoms with van der Waals surface area (Å²) in [5, 5.41) is 12.1. The molecule has 8 heteroatoms. The first-order valence-corrected chi connectivity index (χ1v) is 10.6. The van der Waals surface area contributed by atoms with Crippen LogP contribution in [-0.2, 0) is 9.53 Å². The molecule has 0 spiro atoms. The van der Waals surface area contributed by atoms with Gasteiger partial charge in [-0.2, -0.15) is 5.26 Å². The van der Waals surface area contributed by atoms with Crippen LogP contribution in [0.15, 0.2) is 29.2 Å². The van der Waals surface area contributed by atoms with Gasteiger partial charge in [-0.25, -0.2) is 4.79 Å². The van der Waals surface area contributed by atoms with E-state index in [-0.39, 0.29) is 11.2 Å². The van der Waals surface area contributed by atoms with Gasteiger partial charge < -0.3 is 14.8 Å². The van der Waals surface area contributed by atoms with E-state index < -0.39 is 23.3 Å². The van der Waals surface area contributed by atoms with Crippen LogP contribution in [0, 0.1) is 11.3 Å². The van der Waals surface area contributed by atoms with Crippen molar-refractivity contribution < 1.29 is 19.1 Å². The molecule has 2 unspecified atom stereocenters. The molecule has 2 fully saturated rings. The Morgan fingerprint density at radius 3 is 2.59 bits per heavy atom. The number of amides is 2. The molecule has 1 heterocycles. The molecule has 1 aromatic carbocycles. The van der Waals surface area contributed by atoms with E-state index in [1.807, 2.05) is 24.3 Å². The first-order valence-electron chi connectivity index (χ1n) is 9.69. The zero-order valence-electron chi connectivity index (χ0n) is 17.2. The number of nitrogens with zero attached hydrogens (tertiary/aromatic N) is 2. The van der Waals surface area contributed by atoms with Crippen LogP contribution in [-0.4, -0.2) is 53.0 Å². The molecule has 29 heavy (non-hydrogen) atoms. The topological polar surface area (TPSA) is 91.7 Å². The first-order chi connectivity index (χ1) is 13.7. The van der Waals surface area contributed by atoms with Crippen molar-refractivity contribution in [1.29, 1.82) is 5.26 Å². The van der Waals surface area contributed by atoms with Gasteiger partial charge in [0.1, 0.15) is 22.9 Å². The van der Waals surface area contributed by atoms with E-state index in [1.54, 1.807) is 39.6 Å². The third kappa shape index (κ3) is 5.15. The molecule has 1 aliphatic heterocycles. The summed E-state index contributed by atoms with van der Waals surface area (Å²) in [4.78, 5) is 28.1. The molecule has 156 valence electrons. The molecule has 1 aromatic rings. The number of hydrogen-bond donors (Lipinski definition) is 1. The summed E-state index contributed by atoms with van der Waals surface area (Å²) in [7, 11) is 1.62. The van der Waals surface area contributed by atoms with Gasteiger partial charge in [-0.1, -0.05) is 12.1 Å². The summed E-state index contributed by atoms with van der Waals surface area (Å²) in [6, 6.07) is 9.18. The Morgan fingerprint density at radius 2 is 2.00 bits per heavy atom. The minimum Gasteiger partial charge on any atom is -0.496 e. The van der Waals surface area contributed by atoms with Gasteiger partial charge in [-0.3, -0.25) is 9.69 Å². The van der Waals surface area contributed by atoms with Crippen molar-refractivity contribution in [2.24, 2.45) is 0 Å². The average molecular weight is 418 g/mol. The van der Waals surface area contributed by atoms with Crippen LogP contribution in [0.25, 0.3) is 0 Å². The third-order valence-electron chi connectivity index (χ3n) is 4.88. The molecular weight excluding hydrogens is 390 g/mol. The number of methoxy groups -OCH3 is 1. The predicted octanol–water partition coefficient (Wildman–Crippen LogP) is 3.34. The first kappa shape index (κ1) is 21.3. The van der Waals surface area contributed by atoms with Crippen molar-refractivity contribution >= 4 is 23.8 Å². The molecule has 3 rings (SSSR count). The highest BCUT2D eigenvalue weighted by molar-refractivity contribution is 8.00. The summed E-state index contributed by atoms with van der Waals surface area (Å²) >= 11 is 1.58. The second kappa shape index (κ2) is 8.15. The molecule has 1 saturated heterocycles. The molecule has 2 amide bonds. The summed E-state index contributed by atoms with van der Waals surface area (Å²) < 4.78 is 10.9. The van der Waals surface area contributed by atoms with E-state index in [0.717, 1.165) is 10.6 Å². The van der Waals surface area contributed by atoms with Crippen LogP contribution in [0.1, 0.15) is 40.0 Å². The molecule has 7 nitrogen and oxygen atoms in total. The second-order valence-corrected chi connectivity index (χ2v) is 9.80. The molecule has 1 aliphatic carbocycles. The largest absolute Gasteiger partial charge is 0.496 e. The third-order valence-corrected chi connectivity index (χ3v) is 6.15. The van der Waals surface area contributed by atoms with Crippen LogP contribution < -0.4 is 10.1 Å². The number of nitrogens with one attached hydrogen (secondary N) is 1. The van der Waals surface area contributed by atoms with E-state index in [1.165, 1.54) is 4.90 Å². The number of benzene rings is 1. The van der Waals surface area contributed by atoms with E-state index in [0.29, 0.717) is 25.8 Å². The van der Waals surface area contributed by atoms with Crippen molar-refractivity contribution in [2.75, 3.05) is 13.7 Å². The van der Waals surface area contributed by atoms with Crippen molar-refractivity contribution in [3.05, 3.63) is 24.3 Å². The Kier molecular flexibility index (Phi) is 5.99. The van der Waals surface area contributed by atoms with Gasteiger partial charge in [0, 0.05) is 16.7 Å². The lowest BCUT2D eigenvalue weighted by atomic mass is 10.2. The van der Waals surface area contributed by atoms with Crippen molar-refractivity contribution in [3.63, 3.8) is 0 Å². The molecular formula is C21H27N3O4S. The Labute approximate surface area is 175 Å². The normalized spacial score (nSPS) is 22.5. The number of hydrogen-bond acceptors (Lipinski definition) is 6. The summed E-state index contributed by atoms with van der Waals surface area (Å²) in [5.41, 5.74) is -1.43. The van der Waals surface area contributed by atoms with Gasteiger partial charge in [-0.05, 0) is 52.2 Å². The van der Waals surface area contributed by atoms with Gasteiger partial charge in [0.15, 0.2) is 0 Å². The number of nitriles is 1. The van der Waals surface area contributed by atoms with Gasteiger partial charge in [-0.15, -0.1) is 11.8 Å². The number of thioether (sulfide) groups is 1. The minimum atomic E-state index is -0.773. The fourth-order valence-corrected chi connectivity index (χ4v) is 4.56. The van der Waals surface area contributed by atoms with Gasteiger partial charge in [0.2, 0.25) is 5.91 Å². The van der Waals surface area contributed by atoms with E-state index in [2.05, 4.69) is 11.4 Å². The molecule has 1 N–H and O–H groups in total. The number of rotatable bonds is 5. The maximum absolute atomic E-state index is 12.9. The Balaban J connectivity index is 1.77. The maximum Gasteiger partial charge on any atom is 0.411 e. The average Bonchev–Trinajstić information content (AvgIpc) is 3.30. The summed E-state index contributed by atoms with van der Waals surface area (Å²) in [5.74, 6) is 0.466. The van der Waals surface area contributed by atoms with Gasteiger partial charge in [0.25, 0.3) is 0 Å².